The number of hydrogen-bond acceptors (Lipinski definition) is 4. The van der Waals surface area contributed by atoms with Crippen molar-refractivity contribution >= 4 is 43.8 Å². The van der Waals surface area contributed by atoms with Crippen LogP contribution in [0.15, 0.2) is 0 Å². The third-order valence-corrected chi connectivity index (χ3v) is 3.61. The first-order valence-electron chi connectivity index (χ1n) is 6.24. The monoisotopic (exact) mass is 402 g/mol. The Morgan fingerprint density at radius 2 is 1.53 bits per heavy atom. The SMILES string of the molecule is CCOC(=O)C(Br)C(C)C.CCOC(=O)C(C)(C)Br. The van der Waals surface area contributed by atoms with E-state index >= 15 is 0 Å². The second kappa shape index (κ2) is 10.7. The van der Waals surface area contributed by atoms with Crippen LogP contribution in [0.2, 0.25) is 0 Å². The van der Waals surface area contributed by atoms with Gasteiger partial charge in [0.05, 0.1) is 13.2 Å². The largest absolute Gasteiger partial charge is 0.465 e. The maximum absolute atomic E-state index is 10.9. The Kier molecular flexibility index (Phi) is 11.9. The summed E-state index contributed by atoms with van der Waals surface area (Å²) < 4.78 is 8.96. The van der Waals surface area contributed by atoms with Crippen molar-refractivity contribution in [2.75, 3.05) is 13.2 Å². The molecule has 0 N–H and O–H groups in total. The van der Waals surface area contributed by atoms with Crippen LogP contribution in [0.1, 0.15) is 41.5 Å². The van der Waals surface area contributed by atoms with Crippen LogP contribution in [-0.2, 0) is 19.1 Å². The van der Waals surface area contributed by atoms with Gasteiger partial charge in [-0.2, -0.15) is 0 Å². The number of rotatable bonds is 5. The van der Waals surface area contributed by atoms with Gasteiger partial charge in [0.25, 0.3) is 0 Å². The van der Waals surface area contributed by atoms with E-state index in [1.165, 1.54) is 0 Å². The van der Waals surface area contributed by atoms with E-state index in [4.69, 9.17) is 9.47 Å². The van der Waals surface area contributed by atoms with Gasteiger partial charge in [-0.25, -0.2) is 0 Å². The number of alkyl halides is 2. The summed E-state index contributed by atoms with van der Waals surface area (Å²) in [4.78, 5) is 21.6. The van der Waals surface area contributed by atoms with Crippen molar-refractivity contribution in [3.63, 3.8) is 0 Å². The van der Waals surface area contributed by atoms with Crippen molar-refractivity contribution in [2.24, 2.45) is 5.92 Å². The molecule has 114 valence electrons. The summed E-state index contributed by atoms with van der Waals surface area (Å²) in [5, 5.41) is 0. The quantitative estimate of drug-likeness (QED) is 0.518. The molecule has 4 nitrogen and oxygen atoms in total. The summed E-state index contributed by atoms with van der Waals surface area (Å²) in [5.41, 5.74) is 0. The van der Waals surface area contributed by atoms with E-state index in [1.807, 2.05) is 13.8 Å². The van der Waals surface area contributed by atoms with Crippen molar-refractivity contribution in [2.45, 2.75) is 50.7 Å². The van der Waals surface area contributed by atoms with Gasteiger partial charge >= 0.3 is 11.9 Å². The molecule has 0 aliphatic rings. The van der Waals surface area contributed by atoms with E-state index in [0.717, 1.165) is 0 Å². The molecule has 0 spiro atoms. The van der Waals surface area contributed by atoms with Crippen LogP contribution in [0, 0.1) is 5.92 Å². The van der Waals surface area contributed by atoms with E-state index in [9.17, 15) is 9.59 Å². The fourth-order valence-corrected chi connectivity index (χ4v) is 1.04. The molecule has 1 atom stereocenters. The Balaban J connectivity index is 0. The normalized spacial score (nSPS) is 12.3. The zero-order chi connectivity index (χ0) is 15.6. The molecule has 0 aromatic heterocycles. The summed E-state index contributed by atoms with van der Waals surface area (Å²) in [6.07, 6.45) is 0. The van der Waals surface area contributed by atoms with Gasteiger partial charge in [-0.3, -0.25) is 9.59 Å². The van der Waals surface area contributed by atoms with Gasteiger partial charge in [0, 0.05) is 0 Å². The highest BCUT2D eigenvalue weighted by molar-refractivity contribution is 9.10. The predicted octanol–water partition coefficient (Wildman–Crippen LogP) is 3.69. The lowest BCUT2D eigenvalue weighted by molar-refractivity contribution is -0.145. The second-order valence-electron chi connectivity index (χ2n) is 4.59. The highest BCUT2D eigenvalue weighted by atomic mass is 79.9. The molecule has 0 bridgehead atoms. The first kappa shape index (κ1) is 21.2. The Labute approximate surface area is 132 Å². The molecule has 0 amide bonds. The van der Waals surface area contributed by atoms with Crippen LogP contribution >= 0.6 is 31.9 Å². The van der Waals surface area contributed by atoms with Gasteiger partial charge in [-0.05, 0) is 33.6 Å². The molecule has 0 aliphatic carbocycles. The molecule has 0 fully saturated rings. The van der Waals surface area contributed by atoms with E-state index in [2.05, 4.69) is 31.9 Å². The Hall–Kier alpha value is -0.100. The average Bonchev–Trinajstić information content (AvgIpc) is 2.28. The summed E-state index contributed by atoms with van der Waals surface area (Å²) in [6, 6.07) is 0. The Morgan fingerprint density at radius 3 is 1.74 bits per heavy atom. The molecular formula is C13H24Br2O4. The molecule has 0 saturated heterocycles. The predicted molar refractivity (Wildman–Crippen MR) is 83.8 cm³/mol. The summed E-state index contributed by atoms with van der Waals surface area (Å²) in [7, 11) is 0. The third kappa shape index (κ3) is 11.4. The molecule has 0 heterocycles. The van der Waals surface area contributed by atoms with Crippen LogP contribution < -0.4 is 0 Å². The average molecular weight is 404 g/mol. The van der Waals surface area contributed by atoms with E-state index in [0.29, 0.717) is 19.1 Å². The third-order valence-electron chi connectivity index (χ3n) is 1.86. The number of hydrogen-bond donors (Lipinski definition) is 0. The second-order valence-corrected chi connectivity index (χ2v) is 7.56. The topological polar surface area (TPSA) is 52.6 Å². The number of halogens is 2. The van der Waals surface area contributed by atoms with Gasteiger partial charge in [-0.15, -0.1) is 0 Å². The Morgan fingerprint density at radius 1 is 1.11 bits per heavy atom. The smallest absolute Gasteiger partial charge is 0.322 e. The van der Waals surface area contributed by atoms with Gasteiger partial charge in [0.15, 0.2) is 0 Å². The van der Waals surface area contributed by atoms with E-state index < -0.39 is 4.32 Å². The van der Waals surface area contributed by atoms with Crippen LogP contribution in [0.25, 0.3) is 0 Å². The highest BCUT2D eigenvalue weighted by Gasteiger charge is 2.24. The fraction of sp³-hybridized carbons (Fsp3) is 0.846. The van der Waals surface area contributed by atoms with Gasteiger partial charge in [-0.1, -0.05) is 45.7 Å². The summed E-state index contributed by atoms with van der Waals surface area (Å²) >= 11 is 6.40. The molecule has 0 aromatic carbocycles. The fourth-order valence-electron chi connectivity index (χ4n) is 0.797. The molecule has 6 heteroatoms. The molecule has 0 saturated carbocycles. The summed E-state index contributed by atoms with van der Waals surface area (Å²) in [5.74, 6) is -0.0958. The maximum atomic E-state index is 10.9. The minimum absolute atomic E-state index is 0.160. The number of carbonyl (C=O) groups is 2. The minimum Gasteiger partial charge on any atom is -0.465 e. The zero-order valence-electron chi connectivity index (χ0n) is 12.5. The number of esters is 2. The molecule has 0 rings (SSSR count). The van der Waals surface area contributed by atoms with Crippen LogP contribution in [0.3, 0.4) is 0 Å². The van der Waals surface area contributed by atoms with Crippen LogP contribution in [0.5, 0.6) is 0 Å². The molecule has 0 radical (unpaired) electrons. The lowest BCUT2D eigenvalue weighted by Crippen LogP contribution is -2.26. The van der Waals surface area contributed by atoms with Crippen LogP contribution in [0.4, 0.5) is 0 Å². The molecule has 1 unspecified atom stereocenters. The number of carbonyl (C=O) groups excluding carboxylic acids is 2. The van der Waals surface area contributed by atoms with Gasteiger partial charge in [0.1, 0.15) is 9.15 Å². The van der Waals surface area contributed by atoms with Gasteiger partial charge < -0.3 is 9.47 Å². The highest BCUT2D eigenvalue weighted by Crippen LogP contribution is 2.17. The van der Waals surface area contributed by atoms with Crippen molar-refractivity contribution in [3.8, 4) is 0 Å². The van der Waals surface area contributed by atoms with Gasteiger partial charge in [0.2, 0.25) is 0 Å². The summed E-state index contributed by atoms with van der Waals surface area (Å²) in [6.45, 7) is 11.9. The zero-order valence-corrected chi connectivity index (χ0v) is 15.6. The maximum Gasteiger partial charge on any atom is 0.322 e. The van der Waals surface area contributed by atoms with Crippen molar-refractivity contribution in [1.29, 1.82) is 0 Å². The standard InChI is InChI=1S/C7H13BrO2.C6H11BrO2/c1-4-10-7(9)6(8)5(2)3;1-4-9-5(8)6(2,3)7/h5-6H,4H2,1-3H3;4H2,1-3H3. The molecular weight excluding hydrogens is 380 g/mol. The Bertz CT molecular complexity index is 272. The lowest BCUT2D eigenvalue weighted by Gasteiger charge is -2.12. The first-order chi connectivity index (χ1) is 8.57. The number of ether oxygens (including phenoxy) is 2. The first-order valence-corrected chi connectivity index (χ1v) is 7.95. The van der Waals surface area contributed by atoms with Crippen molar-refractivity contribution < 1.29 is 19.1 Å². The molecule has 19 heavy (non-hydrogen) atoms. The van der Waals surface area contributed by atoms with E-state index in [1.54, 1.807) is 27.7 Å². The molecule has 0 aromatic rings. The van der Waals surface area contributed by atoms with Crippen LogP contribution in [-0.4, -0.2) is 34.3 Å². The van der Waals surface area contributed by atoms with Crippen molar-refractivity contribution in [3.05, 3.63) is 0 Å². The molecule has 0 aliphatic heterocycles. The minimum atomic E-state index is -0.539. The lowest BCUT2D eigenvalue weighted by atomic mass is 10.1. The van der Waals surface area contributed by atoms with E-state index in [-0.39, 0.29) is 16.8 Å². The van der Waals surface area contributed by atoms with Crippen molar-refractivity contribution in [1.82, 2.24) is 0 Å².